The molecule has 4 heteroatoms. The molecule has 0 aliphatic heterocycles. The molecule has 0 fully saturated rings. The Morgan fingerprint density at radius 3 is 2.65 bits per heavy atom. The van der Waals surface area contributed by atoms with E-state index in [1.54, 1.807) is 0 Å². The van der Waals surface area contributed by atoms with Crippen molar-refractivity contribution in [3.63, 3.8) is 0 Å². The summed E-state index contributed by atoms with van der Waals surface area (Å²) in [5.41, 5.74) is 0.820. The van der Waals surface area contributed by atoms with Crippen LogP contribution >= 0.6 is 15.9 Å². The maximum absolute atomic E-state index is 9.17. The van der Waals surface area contributed by atoms with E-state index in [9.17, 15) is 0 Å². The number of hydrogen-bond donors (Lipinski definition) is 0. The second-order valence-corrected chi connectivity index (χ2v) is 6.54. The van der Waals surface area contributed by atoms with E-state index in [2.05, 4.69) is 42.8 Å². The van der Waals surface area contributed by atoms with Crippen LogP contribution in [0, 0.1) is 22.7 Å². The zero-order valence-electron chi connectivity index (χ0n) is 11.9. The van der Waals surface area contributed by atoms with Crippen molar-refractivity contribution in [1.29, 1.82) is 5.26 Å². The Morgan fingerprint density at radius 2 is 2.05 bits per heavy atom. The smallest absolute Gasteiger partial charge is 0.246 e. The fourth-order valence-electron chi connectivity index (χ4n) is 1.95. The Balaban J connectivity index is 2.28. The molecule has 0 saturated carbocycles. The number of rotatable bonds is 4. The minimum absolute atomic E-state index is 0.135. The van der Waals surface area contributed by atoms with Gasteiger partial charge in [-0.25, -0.2) is 0 Å². The predicted octanol–water partition coefficient (Wildman–Crippen LogP) is 4.74. The zero-order chi connectivity index (χ0) is 14.8. The van der Waals surface area contributed by atoms with Crippen molar-refractivity contribution in [3.05, 3.63) is 30.0 Å². The standard InChI is InChI=1S/C16H18BrNO2/c1-16(2,3)11(8-17)10-19-15-12-6-4-5-7-13(12)20-14(15)9-18/h4-7,11H,8,10H2,1-3H3. The van der Waals surface area contributed by atoms with Crippen LogP contribution in [0.25, 0.3) is 11.0 Å². The van der Waals surface area contributed by atoms with Crippen molar-refractivity contribution in [2.45, 2.75) is 20.8 Å². The van der Waals surface area contributed by atoms with E-state index >= 15 is 0 Å². The van der Waals surface area contributed by atoms with Gasteiger partial charge in [0.25, 0.3) is 0 Å². The third-order valence-electron chi connectivity index (χ3n) is 3.49. The Bertz CT molecular complexity index is 634. The molecule has 0 aliphatic carbocycles. The summed E-state index contributed by atoms with van der Waals surface area (Å²) in [5, 5.41) is 10.9. The highest BCUT2D eigenvalue weighted by Crippen LogP contribution is 2.34. The number of halogens is 1. The molecule has 2 rings (SSSR count). The largest absolute Gasteiger partial charge is 0.488 e. The second kappa shape index (κ2) is 5.88. The summed E-state index contributed by atoms with van der Waals surface area (Å²) in [6.07, 6.45) is 0. The first-order valence-corrected chi connectivity index (χ1v) is 7.70. The minimum Gasteiger partial charge on any atom is -0.488 e. The third kappa shape index (κ3) is 2.99. The normalized spacial score (nSPS) is 13.2. The second-order valence-electron chi connectivity index (χ2n) is 5.90. The number of alkyl halides is 1. The van der Waals surface area contributed by atoms with Crippen LogP contribution in [-0.4, -0.2) is 11.9 Å². The molecule has 1 aromatic heterocycles. The topological polar surface area (TPSA) is 46.2 Å². The predicted molar refractivity (Wildman–Crippen MR) is 83.2 cm³/mol. The van der Waals surface area contributed by atoms with E-state index in [-0.39, 0.29) is 11.2 Å². The van der Waals surface area contributed by atoms with Crippen LogP contribution in [0.3, 0.4) is 0 Å². The van der Waals surface area contributed by atoms with E-state index in [0.29, 0.717) is 23.9 Å². The van der Waals surface area contributed by atoms with Crippen LogP contribution in [0.15, 0.2) is 28.7 Å². The van der Waals surface area contributed by atoms with Gasteiger partial charge in [0.1, 0.15) is 11.7 Å². The van der Waals surface area contributed by atoms with Gasteiger partial charge in [-0.3, -0.25) is 0 Å². The molecule has 0 aliphatic rings. The van der Waals surface area contributed by atoms with E-state index in [0.717, 1.165) is 10.7 Å². The Hall–Kier alpha value is -1.47. The summed E-state index contributed by atoms with van der Waals surface area (Å²) in [7, 11) is 0. The van der Waals surface area contributed by atoms with Crippen molar-refractivity contribution in [3.8, 4) is 11.8 Å². The first-order valence-electron chi connectivity index (χ1n) is 6.57. The fourth-order valence-corrected chi connectivity index (χ4v) is 3.11. The van der Waals surface area contributed by atoms with Crippen LogP contribution in [-0.2, 0) is 0 Å². The summed E-state index contributed by atoms with van der Waals surface area (Å²) >= 11 is 3.53. The van der Waals surface area contributed by atoms with Crippen molar-refractivity contribution in [2.24, 2.45) is 11.3 Å². The van der Waals surface area contributed by atoms with Gasteiger partial charge in [-0.2, -0.15) is 5.26 Å². The van der Waals surface area contributed by atoms with E-state index < -0.39 is 0 Å². The zero-order valence-corrected chi connectivity index (χ0v) is 13.5. The summed E-state index contributed by atoms with van der Waals surface area (Å²) in [6.45, 7) is 7.09. The molecule has 0 spiro atoms. The average molecular weight is 336 g/mol. The third-order valence-corrected chi connectivity index (χ3v) is 4.27. The molecule has 1 atom stereocenters. The highest BCUT2D eigenvalue weighted by molar-refractivity contribution is 9.09. The lowest BCUT2D eigenvalue weighted by Crippen LogP contribution is -2.27. The molecule has 0 N–H and O–H groups in total. The molecular formula is C16H18BrNO2. The molecule has 3 nitrogen and oxygen atoms in total. The highest BCUT2D eigenvalue weighted by atomic mass is 79.9. The molecule has 0 bridgehead atoms. The first kappa shape index (κ1) is 14.9. The van der Waals surface area contributed by atoms with Crippen molar-refractivity contribution < 1.29 is 9.15 Å². The minimum atomic E-state index is 0.135. The number of para-hydroxylation sites is 1. The Kier molecular flexibility index (Phi) is 4.39. The van der Waals surface area contributed by atoms with E-state index in [4.69, 9.17) is 14.4 Å². The lowest BCUT2D eigenvalue weighted by molar-refractivity contribution is 0.166. The number of ether oxygens (including phenoxy) is 1. The average Bonchev–Trinajstić information content (AvgIpc) is 2.76. The molecular weight excluding hydrogens is 318 g/mol. The fraction of sp³-hybridized carbons (Fsp3) is 0.438. The SMILES string of the molecule is CC(C)(C)C(CBr)COc1c(C#N)oc2ccccc12. The number of benzene rings is 1. The van der Waals surface area contributed by atoms with Crippen molar-refractivity contribution >= 4 is 26.9 Å². The van der Waals surface area contributed by atoms with Crippen LogP contribution in [0.5, 0.6) is 5.75 Å². The van der Waals surface area contributed by atoms with Gasteiger partial charge in [0, 0.05) is 11.2 Å². The van der Waals surface area contributed by atoms with Crippen molar-refractivity contribution in [2.75, 3.05) is 11.9 Å². The molecule has 20 heavy (non-hydrogen) atoms. The summed E-state index contributed by atoms with van der Waals surface area (Å²) in [6, 6.07) is 9.61. The number of fused-ring (bicyclic) bond motifs is 1. The summed E-state index contributed by atoms with van der Waals surface area (Å²) < 4.78 is 11.4. The molecule has 2 aromatic rings. The van der Waals surface area contributed by atoms with Crippen molar-refractivity contribution in [1.82, 2.24) is 0 Å². The molecule has 106 valence electrons. The lowest BCUT2D eigenvalue weighted by Gasteiger charge is -2.28. The first-order chi connectivity index (χ1) is 9.47. The van der Waals surface area contributed by atoms with Gasteiger partial charge in [-0.15, -0.1) is 0 Å². The number of nitrogens with zero attached hydrogens (tertiary/aromatic N) is 1. The molecule has 1 heterocycles. The molecule has 0 amide bonds. The summed E-state index contributed by atoms with van der Waals surface area (Å²) in [5.74, 6) is 1.15. The lowest BCUT2D eigenvalue weighted by atomic mass is 9.83. The van der Waals surface area contributed by atoms with Gasteiger partial charge in [0.05, 0.1) is 12.0 Å². The van der Waals surface area contributed by atoms with Gasteiger partial charge in [0.15, 0.2) is 5.75 Å². The molecule has 0 saturated heterocycles. The number of nitriles is 1. The van der Waals surface area contributed by atoms with Crippen LogP contribution < -0.4 is 4.74 Å². The Labute approximate surface area is 127 Å². The molecule has 1 unspecified atom stereocenters. The van der Waals surface area contributed by atoms with Gasteiger partial charge in [-0.05, 0) is 17.5 Å². The van der Waals surface area contributed by atoms with Crippen LogP contribution in [0.1, 0.15) is 26.5 Å². The quantitative estimate of drug-likeness (QED) is 0.758. The maximum atomic E-state index is 9.17. The Morgan fingerprint density at radius 1 is 1.35 bits per heavy atom. The maximum Gasteiger partial charge on any atom is 0.246 e. The highest BCUT2D eigenvalue weighted by Gasteiger charge is 2.25. The van der Waals surface area contributed by atoms with Crippen LogP contribution in [0.4, 0.5) is 0 Å². The number of furan rings is 1. The van der Waals surface area contributed by atoms with Crippen LogP contribution in [0.2, 0.25) is 0 Å². The molecule has 0 radical (unpaired) electrons. The number of hydrogen-bond acceptors (Lipinski definition) is 3. The summed E-state index contributed by atoms with van der Waals surface area (Å²) in [4.78, 5) is 0. The van der Waals surface area contributed by atoms with Gasteiger partial charge in [-0.1, -0.05) is 48.8 Å². The monoisotopic (exact) mass is 335 g/mol. The van der Waals surface area contributed by atoms with E-state index in [1.807, 2.05) is 24.3 Å². The van der Waals surface area contributed by atoms with Gasteiger partial charge in [0.2, 0.25) is 5.76 Å². The van der Waals surface area contributed by atoms with Gasteiger partial charge < -0.3 is 9.15 Å². The van der Waals surface area contributed by atoms with E-state index in [1.165, 1.54) is 0 Å². The molecule has 1 aromatic carbocycles. The van der Waals surface area contributed by atoms with Gasteiger partial charge >= 0.3 is 0 Å².